The van der Waals surface area contributed by atoms with Crippen molar-refractivity contribution in [3.8, 4) is 11.8 Å². The number of benzene rings is 1. The molecule has 104 valence electrons. The zero-order chi connectivity index (χ0) is 14.4. The average molecular weight is 343 g/mol. The zero-order valence-electron chi connectivity index (χ0n) is 10.5. The highest BCUT2D eigenvalue weighted by molar-refractivity contribution is 7.98. The van der Waals surface area contributed by atoms with E-state index in [1.54, 1.807) is 29.2 Å². The summed E-state index contributed by atoms with van der Waals surface area (Å²) in [6.07, 6.45) is 0.514. The third kappa shape index (κ3) is 4.73. The van der Waals surface area contributed by atoms with E-state index in [-0.39, 0.29) is 6.61 Å². The maximum Gasteiger partial charge on any atom is 0.0771 e. The highest BCUT2D eigenvalue weighted by Crippen LogP contribution is 2.33. The molecule has 0 radical (unpaired) electrons. The lowest BCUT2D eigenvalue weighted by Gasteiger charge is -2.03. The molecular weight excluding hydrogens is 331 g/mol. The van der Waals surface area contributed by atoms with Gasteiger partial charge in [0.2, 0.25) is 0 Å². The van der Waals surface area contributed by atoms with E-state index in [0.29, 0.717) is 11.4 Å². The third-order valence-corrected chi connectivity index (χ3v) is 5.34. The van der Waals surface area contributed by atoms with Crippen LogP contribution in [0.1, 0.15) is 16.2 Å². The van der Waals surface area contributed by atoms with E-state index in [2.05, 4.69) is 17.9 Å². The van der Waals surface area contributed by atoms with E-state index in [9.17, 15) is 0 Å². The van der Waals surface area contributed by atoms with Crippen molar-refractivity contribution in [3.63, 3.8) is 0 Å². The SMILES string of the molecule is OCCC#Cc1ccc(CSc2cc(Cl)ccc2Cl)s1. The summed E-state index contributed by atoms with van der Waals surface area (Å²) in [7, 11) is 0. The van der Waals surface area contributed by atoms with Gasteiger partial charge in [-0.25, -0.2) is 0 Å². The van der Waals surface area contributed by atoms with E-state index in [1.165, 1.54) is 4.88 Å². The van der Waals surface area contributed by atoms with Crippen LogP contribution in [0.15, 0.2) is 35.2 Å². The van der Waals surface area contributed by atoms with Crippen molar-refractivity contribution in [2.75, 3.05) is 6.61 Å². The number of rotatable bonds is 4. The molecule has 0 unspecified atom stereocenters. The van der Waals surface area contributed by atoms with Crippen LogP contribution in [0.3, 0.4) is 0 Å². The lowest BCUT2D eigenvalue weighted by atomic mass is 10.4. The van der Waals surface area contributed by atoms with Crippen molar-refractivity contribution in [2.24, 2.45) is 0 Å². The van der Waals surface area contributed by atoms with Crippen LogP contribution in [0.4, 0.5) is 0 Å². The van der Waals surface area contributed by atoms with Crippen LogP contribution >= 0.6 is 46.3 Å². The average Bonchev–Trinajstić information content (AvgIpc) is 2.88. The summed E-state index contributed by atoms with van der Waals surface area (Å²) in [6, 6.07) is 9.55. The predicted molar refractivity (Wildman–Crippen MR) is 88.9 cm³/mol. The van der Waals surface area contributed by atoms with Crippen LogP contribution in [-0.2, 0) is 5.75 Å². The van der Waals surface area contributed by atoms with Gasteiger partial charge in [-0.05, 0) is 30.3 Å². The maximum absolute atomic E-state index is 8.68. The molecule has 0 spiro atoms. The molecule has 0 aliphatic heterocycles. The Hall–Kier alpha value is -0.630. The second-order valence-corrected chi connectivity index (χ2v) is 6.93. The quantitative estimate of drug-likeness (QED) is 0.617. The summed E-state index contributed by atoms with van der Waals surface area (Å²) in [4.78, 5) is 3.24. The van der Waals surface area contributed by atoms with E-state index in [1.807, 2.05) is 18.2 Å². The molecule has 0 saturated carbocycles. The highest BCUT2D eigenvalue weighted by atomic mass is 35.5. The predicted octanol–water partition coefficient (Wildman–Crippen LogP) is 5.08. The first-order valence-corrected chi connectivity index (χ1v) is 8.51. The highest BCUT2D eigenvalue weighted by Gasteiger charge is 2.04. The Labute approximate surface area is 136 Å². The van der Waals surface area contributed by atoms with Crippen LogP contribution in [0.2, 0.25) is 10.0 Å². The van der Waals surface area contributed by atoms with E-state index in [0.717, 1.165) is 20.5 Å². The summed E-state index contributed by atoms with van der Waals surface area (Å²) in [6.45, 7) is 0.106. The molecule has 0 aliphatic carbocycles. The summed E-state index contributed by atoms with van der Waals surface area (Å²) >= 11 is 15.4. The first-order chi connectivity index (χ1) is 9.69. The molecule has 1 N–H and O–H groups in total. The maximum atomic E-state index is 8.68. The smallest absolute Gasteiger partial charge is 0.0771 e. The third-order valence-electron chi connectivity index (χ3n) is 2.37. The fourth-order valence-electron chi connectivity index (χ4n) is 1.46. The minimum absolute atomic E-state index is 0.106. The van der Waals surface area contributed by atoms with Crippen molar-refractivity contribution < 1.29 is 5.11 Å². The van der Waals surface area contributed by atoms with E-state index < -0.39 is 0 Å². The Kier molecular flexibility index (Phi) is 6.28. The monoisotopic (exact) mass is 342 g/mol. The van der Waals surface area contributed by atoms with Gasteiger partial charge in [-0.2, -0.15) is 0 Å². The normalized spacial score (nSPS) is 10.2. The molecule has 2 aromatic rings. The summed E-state index contributed by atoms with van der Waals surface area (Å²) in [5.74, 6) is 6.80. The van der Waals surface area contributed by atoms with Crippen molar-refractivity contribution >= 4 is 46.3 Å². The molecule has 0 bridgehead atoms. The zero-order valence-corrected chi connectivity index (χ0v) is 13.7. The van der Waals surface area contributed by atoms with Gasteiger partial charge >= 0.3 is 0 Å². The number of hydrogen-bond acceptors (Lipinski definition) is 3. The fourth-order valence-corrected chi connectivity index (χ4v) is 3.88. The Morgan fingerprint density at radius 3 is 2.85 bits per heavy atom. The number of hydrogen-bond donors (Lipinski definition) is 1. The number of aliphatic hydroxyl groups is 1. The van der Waals surface area contributed by atoms with Gasteiger partial charge in [0.25, 0.3) is 0 Å². The van der Waals surface area contributed by atoms with E-state index in [4.69, 9.17) is 28.3 Å². The topological polar surface area (TPSA) is 20.2 Å². The summed E-state index contributed by atoms with van der Waals surface area (Å²) in [5, 5.41) is 10.1. The Morgan fingerprint density at radius 2 is 2.05 bits per heavy atom. The molecule has 2 rings (SSSR count). The van der Waals surface area contributed by atoms with Crippen LogP contribution in [-0.4, -0.2) is 11.7 Å². The van der Waals surface area contributed by atoms with Crippen molar-refractivity contribution in [1.82, 2.24) is 0 Å². The fraction of sp³-hybridized carbons (Fsp3) is 0.200. The Bertz CT molecular complexity index is 641. The lowest BCUT2D eigenvalue weighted by Crippen LogP contribution is -1.77. The Balaban J connectivity index is 1.98. The molecule has 1 aromatic heterocycles. The molecule has 0 fully saturated rings. The number of thioether (sulfide) groups is 1. The van der Waals surface area contributed by atoms with E-state index >= 15 is 0 Å². The second kappa shape index (κ2) is 7.97. The van der Waals surface area contributed by atoms with Crippen LogP contribution < -0.4 is 0 Å². The minimum Gasteiger partial charge on any atom is -0.395 e. The summed E-state index contributed by atoms with van der Waals surface area (Å²) < 4.78 is 0. The van der Waals surface area contributed by atoms with Crippen molar-refractivity contribution in [3.05, 3.63) is 50.1 Å². The molecule has 0 amide bonds. The molecule has 0 aliphatic rings. The van der Waals surface area contributed by atoms with Crippen LogP contribution in [0.25, 0.3) is 0 Å². The molecule has 0 atom stereocenters. The first kappa shape index (κ1) is 15.8. The molecule has 1 nitrogen and oxygen atoms in total. The van der Waals surface area contributed by atoms with Gasteiger partial charge in [-0.3, -0.25) is 0 Å². The largest absolute Gasteiger partial charge is 0.395 e. The number of aliphatic hydroxyl groups excluding tert-OH is 1. The standard InChI is InChI=1S/C15H12Cl2OS2/c16-11-4-7-14(17)15(9-11)19-10-13-6-5-12(20-13)3-1-2-8-18/h4-7,9,18H,2,8,10H2. The van der Waals surface area contributed by atoms with Gasteiger partial charge < -0.3 is 5.11 Å². The van der Waals surface area contributed by atoms with Gasteiger partial charge in [-0.15, -0.1) is 23.1 Å². The lowest BCUT2D eigenvalue weighted by molar-refractivity contribution is 0.305. The van der Waals surface area contributed by atoms with Crippen molar-refractivity contribution in [1.29, 1.82) is 0 Å². The van der Waals surface area contributed by atoms with Gasteiger partial charge in [0.15, 0.2) is 0 Å². The van der Waals surface area contributed by atoms with Crippen LogP contribution in [0, 0.1) is 11.8 Å². The van der Waals surface area contributed by atoms with Gasteiger partial charge in [-0.1, -0.05) is 35.0 Å². The molecule has 1 heterocycles. The first-order valence-electron chi connectivity index (χ1n) is 5.95. The molecular formula is C15H12Cl2OS2. The molecule has 5 heteroatoms. The molecule has 1 aromatic carbocycles. The minimum atomic E-state index is 0.106. The Morgan fingerprint density at radius 1 is 1.20 bits per heavy atom. The molecule has 0 saturated heterocycles. The summed E-state index contributed by atoms with van der Waals surface area (Å²) in [5.41, 5.74) is 0. The van der Waals surface area contributed by atoms with Crippen molar-refractivity contribution in [2.45, 2.75) is 17.1 Å². The van der Waals surface area contributed by atoms with Gasteiger partial charge in [0, 0.05) is 27.0 Å². The van der Waals surface area contributed by atoms with Gasteiger partial charge in [0.1, 0.15) is 0 Å². The van der Waals surface area contributed by atoms with Gasteiger partial charge in [0.05, 0.1) is 16.5 Å². The van der Waals surface area contributed by atoms with Crippen LogP contribution in [0.5, 0.6) is 0 Å². The number of thiophene rings is 1. The molecule has 20 heavy (non-hydrogen) atoms. The number of halogens is 2. The second-order valence-electron chi connectivity index (χ2n) is 3.90.